The number of aliphatic hydroxyl groups excluding tert-OH is 1. The third-order valence-electron chi connectivity index (χ3n) is 3.23. The van der Waals surface area contributed by atoms with Crippen molar-refractivity contribution in [3.63, 3.8) is 0 Å². The molecule has 24 heavy (non-hydrogen) atoms. The third kappa shape index (κ3) is 7.00. The molecule has 0 heterocycles. The van der Waals surface area contributed by atoms with E-state index in [0.29, 0.717) is 12.1 Å². The lowest BCUT2D eigenvalue weighted by molar-refractivity contribution is 0.0895. The average Bonchev–Trinajstić information content (AvgIpc) is 2.60. The van der Waals surface area contributed by atoms with Crippen molar-refractivity contribution in [2.75, 3.05) is 13.2 Å². The van der Waals surface area contributed by atoms with Crippen molar-refractivity contribution in [3.8, 4) is 5.75 Å². The van der Waals surface area contributed by atoms with Gasteiger partial charge in [0, 0.05) is 12.1 Å². The molecule has 2 atom stereocenters. The van der Waals surface area contributed by atoms with E-state index in [-0.39, 0.29) is 31.1 Å². The van der Waals surface area contributed by atoms with Gasteiger partial charge in [-0.15, -0.1) is 12.4 Å². The van der Waals surface area contributed by atoms with Crippen molar-refractivity contribution in [2.24, 2.45) is 0 Å². The zero-order valence-corrected chi connectivity index (χ0v) is 14.3. The molecule has 5 nitrogen and oxygen atoms in total. The predicted molar refractivity (Wildman–Crippen MR) is 96.6 cm³/mol. The van der Waals surface area contributed by atoms with Crippen LogP contribution in [0.4, 0.5) is 0 Å². The summed E-state index contributed by atoms with van der Waals surface area (Å²) in [5.74, 6) is 0.567. The van der Waals surface area contributed by atoms with Crippen LogP contribution in [0.2, 0.25) is 0 Å². The monoisotopic (exact) mass is 350 g/mol. The van der Waals surface area contributed by atoms with Crippen LogP contribution in [-0.2, 0) is 0 Å². The Bertz CT molecular complexity index is 596. The Balaban J connectivity index is 0.00000288. The fourth-order valence-electron chi connectivity index (χ4n) is 2.00. The van der Waals surface area contributed by atoms with Crippen LogP contribution in [0.5, 0.6) is 5.75 Å². The zero-order valence-electron chi connectivity index (χ0n) is 13.5. The second-order valence-corrected chi connectivity index (χ2v) is 5.25. The summed E-state index contributed by atoms with van der Waals surface area (Å²) in [6.45, 7) is 2.34. The summed E-state index contributed by atoms with van der Waals surface area (Å²) in [7, 11) is 0. The molecule has 0 aliphatic rings. The predicted octanol–water partition coefficient (Wildman–Crippen LogP) is 2.21. The van der Waals surface area contributed by atoms with Gasteiger partial charge in [0.1, 0.15) is 18.5 Å². The molecule has 0 aliphatic carbocycles. The highest BCUT2D eigenvalue weighted by Crippen LogP contribution is 2.08. The summed E-state index contributed by atoms with van der Waals surface area (Å²) < 4.78 is 5.47. The highest BCUT2D eigenvalue weighted by atomic mass is 35.5. The summed E-state index contributed by atoms with van der Waals surface area (Å²) in [5.41, 5.74) is 0.606. The van der Waals surface area contributed by atoms with Crippen LogP contribution < -0.4 is 15.4 Å². The number of ether oxygens (including phenoxy) is 1. The van der Waals surface area contributed by atoms with E-state index < -0.39 is 6.10 Å². The quantitative estimate of drug-likeness (QED) is 0.638. The molecular formula is C18H23ClN2O3. The molecule has 0 aliphatic heterocycles. The van der Waals surface area contributed by atoms with Gasteiger partial charge < -0.3 is 15.2 Å². The summed E-state index contributed by atoms with van der Waals surface area (Å²) in [6.07, 6.45) is -0.916. The minimum atomic E-state index is -0.661. The maximum atomic E-state index is 12.0. The minimum Gasteiger partial charge on any atom is -0.491 e. The van der Waals surface area contributed by atoms with Crippen LogP contribution >= 0.6 is 12.4 Å². The number of rotatable bonds is 8. The standard InChI is InChI=1S/C18H22N2O3.ClH/c1-14(20-18(22)15-8-4-2-5-9-15)19-12-16(21)13-23-17-10-6-3-7-11-17;/h2-11,14,16,19,21H,12-13H2,1H3,(H,20,22);1H. The lowest BCUT2D eigenvalue weighted by Gasteiger charge is -2.18. The highest BCUT2D eigenvalue weighted by molar-refractivity contribution is 5.94. The number of nitrogens with one attached hydrogen (secondary N) is 2. The smallest absolute Gasteiger partial charge is 0.252 e. The van der Waals surface area contributed by atoms with Crippen LogP contribution in [0.15, 0.2) is 60.7 Å². The van der Waals surface area contributed by atoms with Gasteiger partial charge in [0.15, 0.2) is 0 Å². The highest BCUT2D eigenvalue weighted by Gasteiger charge is 2.11. The number of aliphatic hydroxyl groups is 1. The molecule has 0 fully saturated rings. The summed E-state index contributed by atoms with van der Waals surface area (Å²) >= 11 is 0. The Labute approximate surface area is 148 Å². The van der Waals surface area contributed by atoms with Crippen molar-refractivity contribution >= 4 is 18.3 Å². The SMILES string of the molecule is CC(NCC(O)COc1ccccc1)NC(=O)c1ccccc1.Cl. The molecule has 0 saturated carbocycles. The molecular weight excluding hydrogens is 328 g/mol. The van der Waals surface area contributed by atoms with Crippen LogP contribution in [0.3, 0.4) is 0 Å². The first kappa shape index (κ1) is 20.0. The van der Waals surface area contributed by atoms with E-state index >= 15 is 0 Å². The van der Waals surface area contributed by atoms with Gasteiger partial charge in [-0.25, -0.2) is 0 Å². The van der Waals surface area contributed by atoms with Crippen molar-refractivity contribution in [1.82, 2.24) is 10.6 Å². The number of carbonyl (C=O) groups excluding carboxylic acids is 1. The van der Waals surface area contributed by atoms with Crippen LogP contribution in [0.1, 0.15) is 17.3 Å². The molecule has 3 N–H and O–H groups in total. The lowest BCUT2D eigenvalue weighted by atomic mass is 10.2. The minimum absolute atomic E-state index is 0. The second-order valence-electron chi connectivity index (χ2n) is 5.25. The first-order chi connectivity index (χ1) is 11.1. The van der Waals surface area contributed by atoms with Crippen LogP contribution in [0.25, 0.3) is 0 Å². The Kier molecular flexibility index (Phi) is 8.86. The first-order valence-electron chi connectivity index (χ1n) is 7.60. The van der Waals surface area contributed by atoms with Crippen molar-refractivity contribution in [2.45, 2.75) is 19.2 Å². The molecule has 2 unspecified atom stereocenters. The zero-order chi connectivity index (χ0) is 16.5. The largest absolute Gasteiger partial charge is 0.491 e. The van der Waals surface area contributed by atoms with Crippen LogP contribution in [-0.4, -0.2) is 36.4 Å². The molecule has 0 radical (unpaired) electrons. The molecule has 130 valence electrons. The fraction of sp³-hybridized carbons (Fsp3) is 0.278. The van der Waals surface area contributed by atoms with E-state index in [2.05, 4.69) is 10.6 Å². The molecule has 0 spiro atoms. The molecule has 0 saturated heterocycles. The summed E-state index contributed by atoms with van der Waals surface area (Å²) in [6, 6.07) is 18.3. The van der Waals surface area contributed by atoms with Gasteiger partial charge in [-0.2, -0.15) is 0 Å². The van der Waals surface area contributed by atoms with Gasteiger partial charge >= 0.3 is 0 Å². The fourth-order valence-corrected chi connectivity index (χ4v) is 2.00. The van der Waals surface area contributed by atoms with Gasteiger partial charge in [-0.05, 0) is 31.2 Å². The molecule has 1 amide bonds. The topological polar surface area (TPSA) is 70.6 Å². The summed E-state index contributed by atoms with van der Waals surface area (Å²) in [5, 5.41) is 15.8. The van der Waals surface area contributed by atoms with Crippen molar-refractivity contribution in [3.05, 3.63) is 66.2 Å². The van der Waals surface area contributed by atoms with E-state index in [9.17, 15) is 9.90 Å². The molecule has 2 rings (SSSR count). The van der Waals surface area contributed by atoms with Gasteiger partial charge in [0.05, 0.1) is 6.17 Å². The van der Waals surface area contributed by atoms with E-state index in [1.54, 1.807) is 12.1 Å². The van der Waals surface area contributed by atoms with E-state index in [1.807, 2.05) is 55.5 Å². The number of para-hydroxylation sites is 1. The maximum absolute atomic E-state index is 12.0. The molecule has 0 aromatic heterocycles. The third-order valence-corrected chi connectivity index (χ3v) is 3.23. The van der Waals surface area contributed by atoms with E-state index in [4.69, 9.17) is 4.74 Å². The first-order valence-corrected chi connectivity index (χ1v) is 7.60. The Morgan fingerprint density at radius 2 is 1.67 bits per heavy atom. The Hall–Kier alpha value is -2.08. The summed E-state index contributed by atoms with van der Waals surface area (Å²) in [4.78, 5) is 12.0. The number of halogens is 1. The maximum Gasteiger partial charge on any atom is 0.252 e. The number of benzene rings is 2. The molecule has 6 heteroatoms. The van der Waals surface area contributed by atoms with Gasteiger partial charge in [-0.3, -0.25) is 10.1 Å². The number of carbonyl (C=O) groups is 1. The molecule has 2 aromatic rings. The van der Waals surface area contributed by atoms with Crippen LogP contribution in [0, 0.1) is 0 Å². The Morgan fingerprint density at radius 3 is 2.29 bits per heavy atom. The Morgan fingerprint density at radius 1 is 1.08 bits per heavy atom. The van der Waals surface area contributed by atoms with E-state index in [0.717, 1.165) is 5.75 Å². The molecule has 0 bridgehead atoms. The lowest BCUT2D eigenvalue weighted by Crippen LogP contribution is -2.46. The second kappa shape index (κ2) is 10.6. The van der Waals surface area contributed by atoms with Gasteiger partial charge in [0.2, 0.25) is 0 Å². The molecule has 2 aromatic carbocycles. The van der Waals surface area contributed by atoms with Crippen molar-refractivity contribution in [1.29, 1.82) is 0 Å². The van der Waals surface area contributed by atoms with Gasteiger partial charge in [-0.1, -0.05) is 36.4 Å². The van der Waals surface area contributed by atoms with Gasteiger partial charge in [0.25, 0.3) is 5.91 Å². The normalized spacial score (nSPS) is 12.6. The number of hydrogen-bond donors (Lipinski definition) is 3. The van der Waals surface area contributed by atoms with Crippen molar-refractivity contribution < 1.29 is 14.6 Å². The number of hydrogen-bond acceptors (Lipinski definition) is 4. The van der Waals surface area contributed by atoms with E-state index in [1.165, 1.54) is 0 Å². The average molecular weight is 351 g/mol. The number of amides is 1.